The van der Waals surface area contributed by atoms with Crippen LogP contribution < -0.4 is 5.32 Å². The normalized spacial score (nSPS) is 21.3. The van der Waals surface area contributed by atoms with Crippen LogP contribution in [0.2, 0.25) is 0 Å². The number of nitrogens with one attached hydrogen (secondary N) is 1. The number of aromatic nitrogens is 2. The van der Waals surface area contributed by atoms with Crippen molar-refractivity contribution in [2.24, 2.45) is 13.0 Å². The SMILES string of the molecule is C[C@@H](O)[C@H]1C(=O)N2C(C(=O)O)=C(c3ccc(CC(=O)Nc4cn(C)cn4)cc3)C[C@H]12. The molecule has 0 radical (unpaired) electrons. The van der Waals surface area contributed by atoms with Crippen molar-refractivity contribution in [1.29, 1.82) is 0 Å². The lowest BCUT2D eigenvalue weighted by molar-refractivity contribution is -0.161. The first kappa shape index (κ1) is 19.8. The Morgan fingerprint density at radius 3 is 2.57 bits per heavy atom. The number of rotatable bonds is 6. The zero-order chi connectivity index (χ0) is 21.6. The third-order valence-corrected chi connectivity index (χ3v) is 5.57. The number of amides is 2. The van der Waals surface area contributed by atoms with E-state index in [1.54, 1.807) is 48.3 Å². The highest BCUT2D eigenvalue weighted by atomic mass is 16.4. The van der Waals surface area contributed by atoms with Crippen LogP contribution in [0, 0.1) is 5.92 Å². The summed E-state index contributed by atoms with van der Waals surface area (Å²) in [4.78, 5) is 41.7. The molecule has 0 aliphatic carbocycles. The highest BCUT2D eigenvalue weighted by Crippen LogP contribution is 2.46. The van der Waals surface area contributed by atoms with Gasteiger partial charge in [-0.25, -0.2) is 9.78 Å². The van der Waals surface area contributed by atoms with E-state index in [0.29, 0.717) is 23.4 Å². The number of aliphatic hydroxyl groups is 1. The number of hydrogen-bond acceptors (Lipinski definition) is 5. The maximum Gasteiger partial charge on any atom is 0.352 e. The molecule has 0 bridgehead atoms. The molecule has 3 heterocycles. The molecule has 2 amide bonds. The number of carbonyl (C=O) groups is 3. The summed E-state index contributed by atoms with van der Waals surface area (Å²) in [5.41, 5.74) is 1.99. The van der Waals surface area contributed by atoms with Crippen molar-refractivity contribution in [1.82, 2.24) is 14.5 Å². The van der Waals surface area contributed by atoms with E-state index in [4.69, 9.17) is 0 Å². The molecule has 3 atom stereocenters. The van der Waals surface area contributed by atoms with Gasteiger partial charge in [0.15, 0.2) is 5.82 Å². The first-order valence-electron chi connectivity index (χ1n) is 9.61. The third kappa shape index (κ3) is 3.37. The van der Waals surface area contributed by atoms with Gasteiger partial charge in [-0.05, 0) is 30.0 Å². The van der Waals surface area contributed by atoms with E-state index in [-0.39, 0.29) is 30.0 Å². The molecule has 3 N–H and O–H groups in total. The predicted molar refractivity (Wildman–Crippen MR) is 107 cm³/mol. The van der Waals surface area contributed by atoms with Gasteiger partial charge in [-0.1, -0.05) is 24.3 Å². The molecule has 1 fully saturated rings. The molecule has 1 aromatic carbocycles. The molecule has 4 rings (SSSR count). The van der Waals surface area contributed by atoms with Gasteiger partial charge in [0.2, 0.25) is 11.8 Å². The number of carbonyl (C=O) groups excluding carboxylic acids is 2. The van der Waals surface area contributed by atoms with Crippen molar-refractivity contribution in [2.75, 3.05) is 5.32 Å². The lowest BCUT2D eigenvalue weighted by Crippen LogP contribution is -2.61. The van der Waals surface area contributed by atoms with Crippen molar-refractivity contribution in [2.45, 2.75) is 31.9 Å². The van der Waals surface area contributed by atoms with Crippen molar-refractivity contribution < 1.29 is 24.6 Å². The largest absolute Gasteiger partial charge is 0.477 e. The summed E-state index contributed by atoms with van der Waals surface area (Å²) in [6, 6.07) is 6.72. The zero-order valence-electron chi connectivity index (χ0n) is 16.6. The van der Waals surface area contributed by atoms with Crippen molar-refractivity contribution in [3.8, 4) is 0 Å². The summed E-state index contributed by atoms with van der Waals surface area (Å²) in [7, 11) is 1.81. The monoisotopic (exact) mass is 410 g/mol. The molecule has 156 valence electrons. The smallest absolute Gasteiger partial charge is 0.352 e. The molecule has 2 aliphatic heterocycles. The van der Waals surface area contributed by atoms with E-state index in [2.05, 4.69) is 10.3 Å². The second kappa shape index (κ2) is 7.42. The van der Waals surface area contributed by atoms with E-state index < -0.39 is 18.0 Å². The molecule has 0 saturated carbocycles. The topological polar surface area (TPSA) is 125 Å². The van der Waals surface area contributed by atoms with E-state index in [1.807, 2.05) is 7.05 Å². The minimum Gasteiger partial charge on any atom is -0.477 e. The molecule has 9 heteroatoms. The minimum atomic E-state index is -1.16. The quantitative estimate of drug-likeness (QED) is 0.611. The number of benzene rings is 1. The molecule has 0 spiro atoms. The Morgan fingerprint density at radius 1 is 1.30 bits per heavy atom. The maximum atomic E-state index is 12.3. The number of aryl methyl sites for hydroxylation is 1. The second-order valence-corrected chi connectivity index (χ2v) is 7.72. The fourth-order valence-electron chi connectivity index (χ4n) is 4.20. The van der Waals surface area contributed by atoms with Crippen LogP contribution in [0.3, 0.4) is 0 Å². The Morgan fingerprint density at radius 2 is 2.00 bits per heavy atom. The summed E-state index contributed by atoms with van der Waals surface area (Å²) < 4.78 is 1.73. The minimum absolute atomic E-state index is 0.0254. The summed E-state index contributed by atoms with van der Waals surface area (Å²) in [6.45, 7) is 1.54. The number of fused-ring (bicyclic) bond motifs is 1. The van der Waals surface area contributed by atoms with Crippen LogP contribution in [-0.2, 0) is 27.9 Å². The van der Waals surface area contributed by atoms with Gasteiger partial charge in [-0.3, -0.25) is 9.59 Å². The fourth-order valence-corrected chi connectivity index (χ4v) is 4.20. The molecular weight excluding hydrogens is 388 g/mol. The Kier molecular flexibility index (Phi) is 4.90. The predicted octanol–water partition coefficient (Wildman–Crippen LogP) is 1.01. The van der Waals surface area contributed by atoms with Gasteiger partial charge in [0, 0.05) is 13.2 Å². The number of β-lactam (4-membered cyclic amide) rings is 1. The van der Waals surface area contributed by atoms with Gasteiger partial charge in [0.05, 0.1) is 30.8 Å². The maximum absolute atomic E-state index is 12.3. The number of nitrogens with zero attached hydrogens (tertiary/aromatic N) is 3. The van der Waals surface area contributed by atoms with Gasteiger partial charge in [-0.15, -0.1) is 0 Å². The number of imidazole rings is 1. The van der Waals surface area contributed by atoms with E-state index in [9.17, 15) is 24.6 Å². The number of aliphatic hydroxyl groups excluding tert-OH is 1. The van der Waals surface area contributed by atoms with Gasteiger partial charge in [0.25, 0.3) is 0 Å². The molecule has 2 aliphatic rings. The van der Waals surface area contributed by atoms with Crippen LogP contribution in [0.4, 0.5) is 5.82 Å². The Labute approximate surface area is 172 Å². The van der Waals surface area contributed by atoms with Crippen molar-refractivity contribution >= 4 is 29.2 Å². The van der Waals surface area contributed by atoms with Crippen molar-refractivity contribution in [3.05, 3.63) is 53.6 Å². The molecule has 0 unspecified atom stereocenters. The van der Waals surface area contributed by atoms with Crippen LogP contribution in [0.15, 0.2) is 42.5 Å². The summed E-state index contributed by atoms with van der Waals surface area (Å²) in [5.74, 6) is -1.83. The van der Waals surface area contributed by atoms with Crippen LogP contribution in [0.1, 0.15) is 24.5 Å². The summed E-state index contributed by atoms with van der Waals surface area (Å²) >= 11 is 0. The highest BCUT2D eigenvalue weighted by Gasteiger charge is 2.56. The van der Waals surface area contributed by atoms with Crippen LogP contribution in [0.25, 0.3) is 5.57 Å². The Hall–Kier alpha value is -3.46. The number of anilines is 1. The van der Waals surface area contributed by atoms with E-state index in [0.717, 1.165) is 5.56 Å². The summed E-state index contributed by atoms with van der Waals surface area (Å²) in [5, 5.41) is 22.2. The zero-order valence-corrected chi connectivity index (χ0v) is 16.6. The fraction of sp³-hybridized carbons (Fsp3) is 0.333. The number of hydrogen-bond donors (Lipinski definition) is 3. The van der Waals surface area contributed by atoms with Crippen molar-refractivity contribution in [3.63, 3.8) is 0 Å². The first-order chi connectivity index (χ1) is 14.3. The molecule has 30 heavy (non-hydrogen) atoms. The van der Waals surface area contributed by atoms with Crippen LogP contribution in [-0.4, -0.2) is 54.6 Å². The van der Waals surface area contributed by atoms with E-state index in [1.165, 1.54) is 4.90 Å². The molecule has 1 saturated heterocycles. The first-order valence-corrected chi connectivity index (χ1v) is 9.61. The lowest BCUT2D eigenvalue weighted by atomic mass is 9.82. The van der Waals surface area contributed by atoms with Gasteiger partial charge >= 0.3 is 5.97 Å². The standard InChI is InChI=1S/C21H22N4O5/c1-11(26)18-15-8-14(19(21(29)30)25(15)20(18)28)13-5-3-12(4-6-13)7-17(27)23-16-9-24(2)10-22-16/h3-6,9-11,15,18,26H,7-8H2,1-2H3,(H,23,27)(H,29,30)/t11-,15-,18-/m1/s1. The van der Waals surface area contributed by atoms with Crippen LogP contribution >= 0.6 is 0 Å². The lowest BCUT2D eigenvalue weighted by Gasteiger charge is -2.44. The average Bonchev–Trinajstić information content (AvgIpc) is 3.23. The van der Waals surface area contributed by atoms with E-state index >= 15 is 0 Å². The molecule has 2 aromatic rings. The van der Waals surface area contributed by atoms with Crippen LogP contribution in [0.5, 0.6) is 0 Å². The number of carboxylic acid groups (broad SMARTS) is 1. The Balaban J connectivity index is 1.50. The second-order valence-electron chi connectivity index (χ2n) is 7.72. The molecule has 9 nitrogen and oxygen atoms in total. The molecular formula is C21H22N4O5. The highest BCUT2D eigenvalue weighted by molar-refractivity contribution is 6.06. The molecule has 1 aromatic heterocycles. The number of aliphatic carboxylic acids is 1. The average molecular weight is 410 g/mol. The third-order valence-electron chi connectivity index (χ3n) is 5.57. The van der Waals surface area contributed by atoms with Gasteiger partial charge < -0.3 is 25.0 Å². The Bertz CT molecular complexity index is 1050. The number of carboxylic acids is 1. The van der Waals surface area contributed by atoms with Gasteiger partial charge in [-0.2, -0.15) is 0 Å². The van der Waals surface area contributed by atoms with Gasteiger partial charge in [0.1, 0.15) is 5.70 Å². The summed E-state index contributed by atoms with van der Waals surface area (Å²) in [6.07, 6.45) is 3.00.